The molecule has 1 aliphatic heterocycles. The van der Waals surface area contributed by atoms with E-state index in [0.29, 0.717) is 6.61 Å². The lowest BCUT2D eigenvalue weighted by molar-refractivity contribution is -0.135. The second-order valence-electron chi connectivity index (χ2n) is 11.5. The third kappa shape index (κ3) is 6.48. The van der Waals surface area contributed by atoms with Crippen LogP contribution in [0.15, 0.2) is 72.3 Å². The van der Waals surface area contributed by atoms with Crippen LogP contribution >= 0.6 is 0 Å². The van der Waals surface area contributed by atoms with Crippen LogP contribution in [-0.4, -0.2) is 38.8 Å². The average Bonchev–Trinajstić information content (AvgIpc) is 3.38. The zero-order valence-electron chi connectivity index (χ0n) is 25.3. The average molecular weight is 543 g/mol. The van der Waals surface area contributed by atoms with Gasteiger partial charge in [-0.05, 0) is 61.1 Å². The number of benzene rings is 2. The first-order valence-electron chi connectivity index (χ1n) is 15.9. The number of unbranched alkanes of at least 4 members (excludes halogenated alkanes) is 4. The first kappa shape index (κ1) is 30.0. The van der Waals surface area contributed by atoms with Crippen LogP contribution in [-0.2, 0) is 14.9 Å². The zero-order chi connectivity index (χ0) is 28.4. The molecule has 0 saturated carbocycles. The molecule has 0 radical (unpaired) electrons. The van der Waals surface area contributed by atoms with E-state index in [1.165, 1.54) is 73.9 Å². The van der Waals surface area contributed by atoms with E-state index in [-0.39, 0.29) is 11.9 Å². The largest absolute Gasteiger partial charge is 0.462 e. The van der Waals surface area contributed by atoms with Crippen molar-refractivity contribution in [3.8, 4) is 0 Å². The van der Waals surface area contributed by atoms with Gasteiger partial charge in [0, 0.05) is 54.5 Å². The summed E-state index contributed by atoms with van der Waals surface area (Å²) in [6.45, 7) is 13.8. The van der Waals surface area contributed by atoms with E-state index in [4.69, 9.17) is 4.74 Å². The molecule has 40 heavy (non-hydrogen) atoms. The lowest BCUT2D eigenvalue weighted by atomic mass is 9.62. The summed E-state index contributed by atoms with van der Waals surface area (Å²) in [6, 6.07) is 18.3. The summed E-state index contributed by atoms with van der Waals surface area (Å²) in [5.41, 5.74) is 5.35. The van der Waals surface area contributed by atoms with Crippen LogP contribution < -0.4 is 9.80 Å². The van der Waals surface area contributed by atoms with Crippen LogP contribution in [0.3, 0.4) is 0 Å². The fourth-order valence-electron chi connectivity index (χ4n) is 6.25. The molecule has 2 aromatic rings. The van der Waals surface area contributed by atoms with Gasteiger partial charge in [-0.15, -0.1) is 0 Å². The third-order valence-electron chi connectivity index (χ3n) is 8.72. The molecule has 0 amide bonds. The molecule has 1 saturated heterocycles. The first-order chi connectivity index (χ1) is 19.6. The second kappa shape index (κ2) is 14.6. The highest BCUT2D eigenvalue weighted by Gasteiger charge is 2.49. The molecule has 1 heterocycles. The van der Waals surface area contributed by atoms with Crippen molar-refractivity contribution in [1.29, 1.82) is 0 Å². The smallest absolute Gasteiger partial charge is 0.334 e. The highest BCUT2D eigenvalue weighted by molar-refractivity contribution is 5.93. The number of carbonyl (C=O) groups excluding carboxylic acids is 1. The zero-order valence-corrected chi connectivity index (χ0v) is 25.3. The number of hydrogen-bond donors (Lipinski definition) is 0. The minimum absolute atomic E-state index is 0.0331. The van der Waals surface area contributed by atoms with Gasteiger partial charge < -0.3 is 14.5 Å². The van der Waals surface area contributed by atoms with Gasteiger partial charge in [-0.2, -0.15) is 0 Å². The predicted molar refractivity (Wildman–Crippen MR) is 169 cm³/mol. The summed E-state index contributed by atoms with van der Waals surface area (Å²) in [6.07, 6.45) is 15.9. The Labute approximate surface area is 243 Å². The second-order valence-corrected chi connectivity index (χ2v) is 11.5. The minimum Gasteiger partial charge on any atom is -0.462 e. The van der Waals surface area contributed by atoms with Gasteiger partial charge in [0.15, 0.2) is 0 Å². The number of rotatable bonds is 16. The van der Waals surface area contributed by atoms with E-state index >= 15 is 0 Å². The van der Waals surface area contributed by atoms with Crippen LogP contribution in [0.25, 0.3) is 0 Å². The number of hydrogen-bond acceptors (Lipinski definition) is 4. The number of fused-ring (bicyclic) bond motifs is 1. The fourth-order valence-corrected chi connectivity index (χ4v) is 6.25. The minimum atomic E-state index is -0.442. The maximum absolute atomic E-state index is 12.7. The molecule has 1 aliphatic carbocycles. The number of anilines is 2. The van der Waals surface area contributed by atoms with Crippen LogP contribution in [0.5, 0.6) is 0 Å². The predicted octanol–water partition coefficient (Wildman–Crippen LogP) is 8.46. The van der Waals surface area contributed by atoms with Crippen molar-refractivity contribution in [2.24, 2.45) is 5.92 Å². The molecular weight excluding hydrogens is 492 g/mol. The van der Waals surface area contributed by atoms with Gasteiger partial charge >= 0.3 is 5.97 Å². The van der Waals surface area contributed by atoms with Crippen LogP contribution in [0.2, 0.25) is 0 Å². The summed E-state index contributed by atoms with van der Waals surface area (Å²) < 4.78 is 5.64. The summed E-state index contributed by atoms with van der Waals surface area (Å²) in [5.74, 6) is -0.211. The number of esters is 1. The molecule has 4 heteroatoms. The normalized spacial score (nSPS) is 17.4. The van der Waals surface area contributed by atoms with Gasteiger partial charge in [0.1, 0.15) is 6.61 Å². The maximum Gasteiger partial charge on any atom is 0.334 e. The summed E-state index contributed by atoms with van der Waals surface area (Å²) in [5, 5.41) is 0. The summed E-state index contributed by atoms with van der Waals surface area (Å²) >= 11 is 0. The third-order valence-corrected chi connectivity index (χ3v) is 8.72. The number of ether oxygens (including phenoxy) is 1. The van der Waals surface area contributed by atoms with E-state index in [0.717, 1.165) is 31.8 Å². The topological polar surface area (TPSA) is 32.8 Å². The summed E-state index contributed by atoms with van der Waals surface area (Å²) in [4.78, 5) is 17.8. The van der Waals surface area contributed by atoms with E-state index in [1.807, 2.05) is 6.08 Å². The number of nitrogens with zero attached hydrogens (tertiary/aromatic N) is 2. The van der Waals surface area contributed by atoms with E-state index in [2.05, 4.69) is 98.2 Å². The van der Waals surface area contributed by atoms with Gasteiger partial charge in [0.25, 0.3) is 0 Å². The molecule has 1 atom stereocenters. The molecular formula is C36H50N2O2. The van der Waals surface area contributed by atoms with E-state index in [1.54, 1.807) is 0 Å². The molecule has 4 rings (SSSR count). The SMILES string of the molecule is CCCCN(CCCC)c1ccc(C2(c3ccc(N(CCCC)CCCC)cc3)C=CC=C3C(=O)OCC32)cc1. The highest BCUT2D eigenvalue weighted by Crippen LogP contribution is 2.49. The standard InChI is InChI=1S/C36H50N2O2/c1-5-9-24-37(25-10-6-2)31-19-15-29(16-20-31)36(23-13-14-33-34(36)28-40-35(33)39)30-17-21-32(22-18-30)38(26-11-7-3)27-12-8-4/h13-23,34H,5-12,24-28H2,1-4H3. The monoisotopic (exact) mass is 542 g/mol. The Morgan fingerprint density at radius 2 is 1.12 bits per heavy atom. The van der Waals surface area contributed by atoms with Crippen molar-refractivity contribution >= 4 is 17.3 Å². The molecule has 0 N–H and O–H groups in total. The molecule has 4 nitrogen and oxygen atoms in total. The molecule has 0 spiro atoms. The summed E-state index contributed by atoms with van der Waals surface area (Å²) in [7, 11) is 0. The van der Waals surface area contributed by atoms with Crippen molar-refractivity contribution in [2.45, 2.75) is 84.5 Å². The Morgan fingerprint density at radius 1 is 0.700 bits per heavy atom. The first-order valence-corrected chi connectivity index (χ1v) is 15.9. The Bertz CT molecular complexity index is 1050. The molecule has 0 bridgehead atoms. The van der Waals surface area contributed by atoms with Crippen molar-refractivity contribution < 1.29 is 9.53 Å². The maximum atomic E-state index is 12.7. The highest BCUT2D eigenvalue weighted by atomic mass is 16.5. The molecule has 2 aromatic carbocycles. The van der Waals surface area contributed by atoms with E-state index < -0.39 is 5.41 Å². The number of allylic oxidation sites excluding steroid dienone is 3. The lowest BCUT2D eigenvalue weighted by Crippen LogP contribution is -2.38. The Balaban J connectivity index is 1.71. The van der Waals surface area contributed by atoms with Gasteiger partial charge in [0.2, 0.25) is 0 Å². The van der Waals surface area contributed by atoms with Crippen molar-refractivity contribution in [3.63, 3.8) is 0 Å². The Kier molecular flexibility index (Phi) is 10.9. The van der Waals surface area contributed by atoms with Gasteiger partial charge in [-0.1, -0.05) is 95.9 Å². The molecule has 0 aromatic heterocycles. The van der Waals surface area contributed by atoms with Crippen molar-refractivity contribution in [2.75, 3.05) is 42.6 Å². The quantitative estimate of drug-likeness (QED) is 0.199. The fraction of sp³-hybridized carbons (Fsp3) is 0.528. The van der Waals surface area contributed by atoms with E-state index in [9.17, 15) is 4.79 Å². The van der Waals surface area contributed by atoms with Gasteiger partial charge in [0.05, 0.1) is 0 Å². The lowest BCUT2D eigenvalue weighted by Gasteiger charge is -2.39. The van der Waals surface area contributed by atoms with Crippen molar-refractivity contribution in [1.82, 2.24) is 0 Å². The van der Waals surface area contributed by atoms with Gasteiger partial charge in [-0.25, -0.2) is 4.79 Å². The molecule has 2 aliphatic rings. The Hall–Kier alpha value is -3.01. The van der Waals surface area contributed by atoms with Crippen LogP contribution in [0.4, 0.5) is 11.4 Å². The van der Waals surface area contributed by atoms with Crippen molar-refractivity contribution in [3.05, 3.63) is 83.5 Å². The Morgan fingerprint density at radius 3 is 1.52 bits per heavy atom. The molecule has 1 unspecified atom stereocenters. The van der Waals surface area contributed by atoms with Crippen LogP contribution in [0.1, 0.15) is 90.2 Å². The van der Waals surface area contributed by atoms with Gasteiger partial charge in [-0.3, -0.25) is 0 Å². The number of cyclic esters (lactones) is 1. The van der Waals surface area contributed by atoms with Crippen LogP contribution in [0, 0.1) is 5.92 Å². The molecule has 216 valence electrons. The molecule has 1 fully saturated rings. The number of carbonyl (C=O) groups is 1.